The number of rotatable bonds is 3. The van der Waals surface area contributed by atoms with Crippen LogP contribution < -0.4 is 0 Å². The summed E-state index contributed by atoms with van der Waals surface area (Å²) in [5.74, 6) is 0. The molecule has 1 atom stereocenters. The summed E-state index contributed by atoms with van der Waals surface area (Å²) < 4.78 is 31.5. The molecule has 1 N–H and O–H groups in total. The van der Waals surface area contributed by atoms with E-state index in [2.05, 4.69) is 0 Å². The highest BCUT2D eigenvalue weighted by Gasteiger charge is 2.35. The SMILES string of the molecule is N#Cc1ccc(Cl)c(S(=O)(=O)N2CCOCC2CO)c1. The van der Waals surface area contributed by atoms with E-state index < -0.39 is 16.1 Å². The molecule has 1 fully saturated rings. The number of sulfonamides is 1. The highest BCUT2D eigenvalue weighted by atomic mass is 35.5. The fourth-order valence-electron chi connectivity index (χ4n) is 2.00. The summed E-state index contributed by atoms with van der Waals surface area (Å²) in [5, 5.41) is 18.2. The Balaban J connectivity index is 2.46. The summed E-state index contributed by atoms with van der Waals surface area (Å²) >= 11 is 5.94. The van der Waals surface area contributed by atoms with Crippen molar-refractivity contribution in [2.24, 2.45) is 0 Å². The fraction of sp³-hybridized carbons (Fsp3) is 0.417. The molecule has 1 aromatic carbocycles. The van der Waals surface area contributed by atoms with Gasteiger partial charge in [0.05, 0.1) is 42.5 Å². The maximum absolute atomic E-state index is 12.6. The Morgan fingerprint density at radius 2 is 2.30 bits per heavy atom. The summed E-state index contributed by atoms with van der Waals surface area (Å²) in [4.78, 5) is -0.126. The van der Waals surface area contributed by atoms with Crippen LogP contribution in [-0.4, -0.2) is 50.2 Å². The third-order valence-electron chi connectivity index (χ3n) is 3.03. The van der Waals surface area contributed by atoms with Crippen LogP contribution in [0.2, 0.25) is 5.02 Å². The lowest BCUT2D eigenvalue weighted by Crippen LogP contribution is -2.50. The van der Waals surface area contributed by atoms with Crippen LogP contribution in [-0.2, 0) is 14.8 Å². The van der Waals surface area contributed by atoms with Gasteiger partial charge in [-0.25, -0.2) is 8.42 Å². The van der Waals surface area contributed by atoms with E-state index in [1.807, 2.05) is 6.07 Å². The maximum atomic E-state index is 12.6. The Bertz CT molecular complexity index is 641. The maximum Gasteiger partial charge on any atom is 0.245 e. The van der Waals surface area contributed by atoms with Crippen LogP contribution in [0.15, 0.2) is 23.1 Å². The van der Waals surface area contributed by atoms with Gasteiger partial charge in [-0.05, 0) is 18.2 Å². The van der Waals surface area contributed by atoms with Crippen molar-refractivity contribution >= 4 is 21.6 Å². The van der Waals surface area contributed by atoms with Gasteiger partial charge in [0.2, 0.25) is 10.0 Å². The second kappa shape index (κ2) is 6.08. The first-order valence-electron chi connectivity index (χ1n) is 5.91. The Hall–Kier alpha value is -1.17. The van der Waals surface area contributed by atoms with Crippen LogP contribution in [0.3, 0.4) is 0 Å². The number of nitriles is 1. The number of nitrogens with zero attached hydrogens (tertiary/aromatic N) is 2. The predicted octanol–water partition coefficient (Wildman–Crippen LogP) is 0.593. The number of hydrogen-bond acceptors (Lipinski definition) is 5. The van der Waals surface area contributed by atoms with Crippen LogP contribution in [0.1, 0.15) is 5.56 Å². The average molecular weight is 317 g/mol. The monoisotopic (exact) mass is 316 g/mol. The van der Waals surface area contributed by atoms with Gasteiger partial charge in [0.1, 0.15) is 4.90 Å². The van der Waals surface area contributed by atoms with Crippen LogP contribution in [0.4, 0.5) is 0 Å². The molecular weight excluding hydrogens is 304 g/mol. The summed E-state index contributed by atoms with van der Waals surface area (Å²) in [7, 11) is -3.88. The first-order valence-corrected chi connectivity index (χ1v) is 7.72. The molecule has 1 aliphatic rings. The molecule has 1 aromatic rings. The molecule has 0 aromatic heterocycles. The lowest BCUT2D eigenvalue weighted by Gasteiger charge is -2.33. The molecule has 20 heavy (non-hydrogen) atoms. The normalized spacial score (nSPS) is 20.6. The zero-order valence-corrected chi connectivity index (χ0v) is 12.1. The van der Waals surface area contributed by atoms with Crippen LogP contribution >= 0.6 is 11.6 Å². The topological polar surface area (TPSA) is 90.6 Å². The van der Waals surface area contributed by atoms with Gasteiger partial charge >= 0.3 is 0 Å². The van der Waals surface area contributed by atoms with Crippen molar-refractivity contribution in [3.05, 3.63) is 28.8 Å². The Kier molecular flexibility index (Phi) is 4.62. The van der Waals surface area contributed by atoms with Crippen molar-refractivity contribution in [1.29, 1.82) is 5.26 Å². The number of halogens is 1. The molecule has 0 aliphatic carbocycles. The summed E-state index contributed by atoms with van der Waals surface area (Å²) in [5.41, 5.74) is 0.210. The van der Waals surface area contributed by atoms with Gasteiger partial charge < -0.3 is 9.84 Å². The smallest absolute Gasteiger partial charge is 0.245 e. The van der Waals surface area contributed by atoms with Crippen molar-refractivity contribution in [2.45, 2.75) is 10.9 Å². The minimum atomic E-state index is -3.88. The minimum absolute atomic E-state index is 0.0483. The predicted molar refractivity (Wildman–Crippen MR) is 71.8 cm³/mol. The second-order valence-electron chi connectivity index (χ2n) is 4.28. The van der Waals surface area contributed by atoms with Gasteiger partial charge in [-0.1, -0.05) is 11.6 Å². The number of aliphatic hydroxyl groups is 1. The molecule has 8 heteroatoms. The molecule has 0 amide bonds. The Morgan fingerprint density at radius 1 is 1.55 bits per heavy atom. The van der Waals surface area contributed by atoms with Crippen LogP contribution in [0.5, 0.6) is 0 Å². The number of benzene rings is 1. The molecule has 2 rings (SSSR count). The summed E-state index contributed by atoms with van der Waals surface area (Å²) in [6, 6.07) is 5.30. The van der Waals surface area contributed by atoms with E-state index >= 15 is 0 Å². The van der Waals surface area contributed by atoms with Crippen molar-refractivity contribution in [2.75, 3.05) is 26.4 Å². The van der Waals surface area contributed by atoms with Crippen LogP contribution in [0.25, 0.3) is 0 Å². The third kappa shape index (κ3) is 2.80. The van der Waals surface area contributed by atoms with Gasteiger partial charge in [-0.3, -0.25) is 0 Å². The number of aliphatic hydroxyl groups excluding tert-OH is 1. The van der Waals surface area contributed by atoms with Gasteiger partial charge in [0.15, 0.2) is 0 Å². The van der Waals surface area contributed by atoms with Crippen molar-refractivity contribution < 1.29 is 18.3 Å². The Labute approximate surface area is 122 Å². The molecule has 1 aliphatic heterocycles. The molecule has 0 spiro atoms. The summed E-state index contributed by atoms with van der Waals surface area (Å²) in [6.07, 6.45) is 0. The van der Waals surface area contributed by atoms with E-state index in [4.69, 9.17) is 21.6 Å². The van der Waals surface area contributed by atoms with E-state index in [0.29, 0.717) is 0 Å². The second-order valence-corrected chi connectivity index (χ2v) is 6.55. The molecule has 1 unspecified atom stereocenters. The van der Waals surface area contributed by atoms with Gasteiger partial charge in [0, 0.05) is 6.54 Å². The van der Waals surface area contributed by atoms with E-state index in [0.717, 1.165) is 0 Å². The van der Waals surface area contributed by atoms with E-state index in [1.165, 1.54) is 22.5 Å². The van der Waals surface area contributed by atoms with E-state index in [1.54, 1.807) is 0 Å². The zero-order chi connectivity index (χ0) is 14.8. The van der Waals surface area contributed by atoms with E-state index in [-0.39, 0.29) is 41.8 Å². The largest absolute Gasteiger partial charge is 0.395 e. The van der Waals surface area contributed by atoms with E-state index in [9.17, 15) is 13.5 Å². The molecule has 108 valence electrons. The van der Waals surface area contributed by atoms with Crippen molar-refractivity contribution in [3.8, 4) is 6.07 Å². The quantitative estimate of drug-likeness (QED) is 0.881. The van der Waals surface area contributed by atoms with Crippen molar-refractivity contribution in [1.82, 2.24) is 4.31 Å². The lowest BCUT2D eigenvalue weighted by atomic mass is 10.2. The fourth-order valence-corrected chi connectivity index (χ4v) is 4.08. The number of ether oxygens (including phenoxy) is 1. The minimum Gasteiger partial charge on any atom is -0.395 e. The number of hydrogen-bond donors (Lipinski definition) is 1. The standard InChI is InChI=1S/C12H13ClN2O4S/c13-11-2-1-9(6-14)5-12(11)20(17,18)15-3-4-19-8-10(15)7-16/h1-2,5,10,16H,3-4,7-8H2. The molecular formula is C12H13ClN2O4S. The molecule has 1 heterocycles. The molecule has 1 saturated heterocycles. The number of morpholine rings is 1. The Morgan fingerprint density at radius 3 is 2.95 bits per heavy atom. The molecule has 0 bridgehead atoms. The van der Waals surface area contributed by atoms with Gasteiger partial charge in [-0.2, -0.15) is 9.57 Å². The van der Waals surface area contributed by atoms with Gasteiger partial charge in [-0.15, -0.1) is 0 Å². The first kappa shape index (κ1) is 15.2. The zero-order valence-electron chi connectivity index (χ0n) is 10.5. The van der Waals surface area contributed by atoms with Gasteiger partial charge in [0.25, 0.3) is 0 Å². The average Bonchev–Trinajstić information content (AvgIpc) is 2.47. The molecule has 0 saturated carbocycles. The first-order chi connectivity index (χ1) is 9.50. The highest BCUT2D eigenvalue weighted by Crippen LogP contribution is 2.27. The lowest BCUT2D eigenvalue weighted by molar-refractivity contribution is 0.0109. The molecule has 6 nitrogen and oxygen atoms in total. The van der Waals surface area contributed by atoms with Crippen LogP contribution in [0, 0.1) is 11.3 Å². The van der Waals surface area contributed by atoms with Crippen molar-refractivity contribution in [3.63, 3.8) is 0 Å². The summed E-state index contributed by atoms with van der Waals surface area (Å²) in [6.45, 7) is 0.187. The molecule has 0 radical (unpaired) electrons. The highest BCUT2D eigenvalue weighted by molar-refractivity contribution is 7.89. The third-order valence-corrected chi connectivity index (χ3v) is 5.46.